The van der Waals surface area contributed by atoms with Crippen LogP contribution in [0.3, 0.4) is 0 Å². The molecule has 0 unspecified atom stereocenters. The zero-order valence-electron chi connectivity index (χ0n) is 20.5. The van der Waals surface area contributed by atoms with E-state index in [2.05, 4.69) is 62.6 Å². The van der Waals surface area contributed by atoms with Gasteiger partial charge in [0, 0.05) is 22.2 Å². The summed E-state index contributed by atoms with van der Waals surface area (Å²) in [7, 11) is 0. The molecule has 6 heteroatoms. The molecule has 0 radical (unpaired) electrons. The molecule has 2 heterocycles. The number of pyridine rings is 1. The predicted octanol–water partition coefficient (Wildman–Crippen LogP) is 7.05. The minimum Gasteiger partial charge on any atom is -0.507 e. The van der Waals surface area contributed by atoms with Crippen molar-refractivity contribution in [3.05, 3.63) is 78.2 Å². The maximum Gasteiger partial charge on any atom is 0.167 e. The SMILES string of the molecule is CC(C)(C)c1cc(-c2ncnc(-c3cccc(Sc4ccccn4)c3)n2)c(O)c(C(C)(C)C)c1. The minimum atomic E-state index is -0.229. The number of benzene rings is 2. The molecule has 0 aliphatic carbocycles. The first kappa shape index (κ1) is 23.9. The Bertz CT molecular complexity index is 1310. The fraction of sp³-hybridized carbons (Fsp3) is 0.286. The lowest BCUT2D eigenvalue weighted by Gasteiger charge is -2.27. The Kier molecular flexibility index (Phi) is 6.45. The molecule has 2 aromatic heterocycles. The van der Waals surface area contributed by atoms with Gasteiger partial charge in [0.15, 0.2) is 11.6 Å². The molecule has 0 atom stereocenters. The number of phenolic OH excluding ortho intramolecular Hbond substituents is 1. The predicted molar refractivity (Wildman–Crippen MR) is 138 cm³/mol. The van der Waals surface area contributed by atoms with E-state index in [1.165, 1.54) is 6.33 Å². The topological polar surface area (TPSA) is 71.8 Å². The van der Waals surface area contributed by atoms with Gasteiger partial charge in [-0.05, 0) is 46.7 Å². The average molecular weight is 471 g/mol. The van der Waals surface area contributed by atoms with Gasteiger partial charge in [0.2, 0.25) is 0 Å². The van der Waals surface area contributed by atoms with Crippen LogP contribution in [0.4, 0.5) is 0 Å². The Morgan fingerprint density at radius 2 is 1.53 bits per heavy atom. The number of aromatic hydroxyl groups is 1. The number of aromatic nitrogens is 4. The minimum absolute atomic E-state index is 0.0880. The van der Waals surface area contributed by atoms with E-state index in [1.54, 1.807) is 18.0 Å². The Labute approximate surface area is 205 Å². The number of hydrogen-bond acceptors (Lipinski definition) is 6. The summed E-state index contributed by atoms with van der Waals surface area (Å²) in [6.07, 6.45) is 3.30. The van der Waals surface area contributed by atoms with Crippen LogP contribution in [0.15, 0.2) is 77.0 Å². The van der Waals surface area contributed by atoms with E-state index >= 15 is 0 Å². The van der Waals surface area contributed by atoms with Crippen molar-refractivity contribution >= 4 is 11.8 Å². The molecule has 174 valence electrons. The van der Waals surface area contributed by atoms with Crippen molar-refractivity contribution in [1.29, 1.82) is 0 Å². The van der Waals surface area contributed by atoms with E-state index in [1.807, 2.05) is 48.5 Å². The summed E-state index contributed by atoms with van der Waals surface area (Å²) in [5.41, 5.74) is 3.20. The van der Waals surface area contributed by atoms with Gasteiger partial charge >= 0.3 is 0 Å². The van der Waals surface area contributed by atoms with Crippen molar-refractivity contribution in [1.82, 2.24) is 19.9 Å². The molecule has 4 rings (SSSR count). The number of hydrogen-bond donors (Lipinski definition) is 1. The zero-order chi connectivity index (χ0) is 24.5. The molecule has 1 N–H and O–H groups in total. The molecule has 0 saturated heterocycles. The molecule has 0 amide bonds. The van der Waals surface area contributed by atoms with Crippen molar-refractivity contribution in [2.75, 3.05) is 0 Å². The van der Waals surface area contributed by atoms with E-state index in [-0.39, 0.29) is 16.6 Å². The summed E-state index contributed by atoms with van der Waals surface area (Å²) >= 11 is 1.59. The van der Waals surface area contributed by atoms with Gasteiger partial charge in [-0.1, -0.05) is 77.6 Å². The highest BCUT2D eigenvalue weighted by atomic mass is 32.2. The Morgan fingerprint density at radius 3 is 2.21 bits per heavy atom. The molecule has 5 nitrogen and oxygen atoms in total. The number of rotatable bonds is 4. The first-order chi connectivity index (χ1) is 16.0. The second-order valence-electron chi connectivity index (χ2n) is 10.4. The quantitative estimate of drug-likeness (QED) is 0.344. The van der Waals surface area contributed by atoms with Gasteiger partial charge < -0.3 is 5.11 Å². The molecule has 34 heavy (non-hydrogen) atoms. The van der Waals surface area contributed by atoms with E-state index in [4.69, 9.17) is 4.98 Å². The van der Waals surface area contributed by atoms with Crippen LogP contribution in [0.2, 0.25) is 0 Å². The smallest absolute Gasteiger partial charge is 0.167 e. The first-order valence-corrected chi connectivity index (χ1v) is 12.1. The molecule has 0 aliphatic rings. The van der Waals surface area contributed by atoms with Gasteiger partial charge in [-0.3, -0.25) is 0 Å². The lowest BCUT2D eigenvalue weighted by atomic mass is 9.79. The van der Waals surface area contributed by atoms with Crippen molar-refractivity contribution in [3.8, 4) is 28.5 Å². The van der Waals surface area contributed by atoms with Crippen LogP contribution in [0, 0.1) is 0 Å². The maximum atomic E-state index is 11.2. The summed E-state index contributed by atoms with van der Waals surface area (Å²) < 4.78 is 0. The van der Waals surface area contributed by atoms with Crippen molar-refractivity contribution in [2.45, 2.75) is 62.3 Å². The zero-order valence-corrected chi connectivity index (χ0v) is 21.3. The first-order valence-electron chi connectivity index (χ1n) is 11.3. The van der Waals surface area contributed by atoms with E-state index in [0.717, 1.165) is 26.6 Å². The molecule has 0 saturated carbocycles. The van der Waals surface area contributed by atoms with E-state index in [0.29, 0.717) is 17.2 Å². The summed E-state index contributed by atoms with van der Waals surface area (Å²) in [5.74, 6) is 1.24. The molecule has 0 bridgehead atoms. The molecule has 2 aromatic carbocycles. The van der Waals surface area contributed by atoms with Gasteiger partial charge in [0.05, 0.1) is 5.56 Å². The molecular weight excluding hydrogens is 440 g/mol. The summed E-state index contributed by atoms with van der Waals surface area (Å²) in [4.78, 5) is 19.1. The van der Waals surface area contributed by atoms with Crippen LogP contribution < -0.4 is 0 Å². The summed E-state index contributed by atoms with van der Waals surface area (Å²) in [5, 5.41) is 12.2. The fourth-order valence-electron chi connectivity index (χ4n) is 3.60. The Hall–Kier alpha value is -3.25. The third-order valence-corrected chi connectivity index (χ3v) is 6.49. The van der Waals surface area contributed by atoms with Crippen molar-refractivity contribution in [3.63, 3.8) is 0 Å². The lowest BCUT2D eigenvalue weighted by Crippen LogP contribution is -2.17. The van der Waals surface area contributed by atoms with Crippen molar-refractivity contribution < 1.29 is 5.11 Å². The van der Waals surface area contributed by atoms with Gasteiger partial charge in [-0.25, -0.2) is 19.9 Å². The van der Waals surface area contributed by atoms with Gasteiger partial charge in [-0.2, -0.15) is 0 Å². The Morgan fingerprint density at radius 1 is 0.765 bits per heavy atom. The van der Waals surface area contributed by atoms with Crippen molar-refractivity contribution in [2.24, 2.45) is 0 Å². The van der Waals surface area contributed by atoms with Crippen LogP contribution in [-0.4, -0.2) is 25.0 Å². The molecule has 0 aliphatic heterocycles. The average Bonchev–Trinajstić information content (AvgIpc) is 2.78. The standard InChI is InChI=1S/C28H30N4OS/c1-27(2,3)19-15-21(24(33)22(16-19)28(4,5)6)26-31-17-30-25(32-26)18-10-9-11-20(14-18)34-23-12-7-8-13-29-23/h7-17,33H,1-6H3. The van der Waals surface area contributed by atoms with Crippen LogP contribution in [0.25, 0.3) is 22.8 Å². The molecular formula is C28H30N4OS. The highest BCUT2D eigenvalue weighted by Crippen LogP contribution is 2.41. The van der Waals surface area contributed by atoms with Gasteiger partial charge in [0.25, 0.3) is 0 Å². The lowest BCUT2D eigenvalue weighted by molar-refractivity contribution is 0.446. The van der Waals surface area contributed by atoms with Crippen LogP contribution in [0.1, 0.15) is 52.7 Å². The fourth-order valence-corrected chi connectivity index (χ4v) is 4.44. The molecule has 4 aromatic rings. The highest BCUT2D eigenvalue weighted by molar-refractivity contribution is 7.99. The van der Waals surface area contributed by atoms with E-state index in [9.17, 15) is 5.11 Å². The molecule has 0 fully saturated rings. The van der Waals surface area contributed by atoms with E-state index < -0.39 is 0 Å². The molecule has 0 spiro atoms. The number of phenols is 1. The van der Waals surface area contributed by atoms with Gasteiger partial charge in [-0.15, -0.1) is 0 Å². The highest BCUT2D eigenvalue weighted by Gasteiger charge is 2.26. The van der Waals surface area contributed by atoms with Crippen LogP contribution in [-0.2, 0) is 10.8 Å². The second-order valence-corrected chi connectivity index (χ2v) is 11.4. The van der Waals surface area contributed by atoms with Crippen LogP contribution >= 0.6 is 11.8 Å². The third kappa shape index (κ3) is 5.28. The largest absolute Gasteiger partial charge is 0.507 e. The maximum absolute atomic E-state index is 11.2. The summed E-state index contributed by atoms with van der Waals surface area (Å²) in [6.45, 7) is 12.8. The normalized spacial score (nSPS) is 12.1. The summed E-state index contributed by atoms with van der Waals surface area (Å²) in [6, 6.07) is 18.0. The second kappa shape index (κ2) is 9.18. The third-order valence-electron chi connectivity index (χ3n) is 5.55. The monoisotopic (exact) mass is 470 g/mol. The Balaban J connectivity index is 1.77. The van der Waals surface area contributed by atoms with Gasteiger partial charge in [0.1, 0.15) is 17.1 Å². The number of nitrogens with zero attached hydrogens (tertiary/aromatic N) is 4. The van der Waals surface area contributed by atoms with Crippen LogP contribution in [0.5, 0.6) is 5.75 Å².